The van der Waals surface area contributed by atoms with Crippen LogP contribution in [0.2, 0.25) is 0 Å². The van der Waals surface area contributed by atoms with Crippen molar-refractivity contribution in [1.82, 2.24) is 0 Å². The molecule has 112 valence electrons. The van der Waals surface area contributed by atoms with Crippen molar-refractivity contribution in [2.24, 2.45) is 0 Å². The Kier molecular flexibility index (Phi) is 5.50. The molecule has 0 aliphatic carbocycles. The maximum Gasteiger partial charge on any atom is 0.141 e. The summed E-state index contributed by atoms with van der Waals surface area (Å²) in [6, 6.07) is 14.3. The predicted octanol–water partition coefficient (Wildman–Crippen LogP) is 4.19. The fraction of sp³-hybridized carbons (Fsp3) is 0.333. The number of benzene rings is 2. The Balaban J connectivity index is 1.76. The second-order valence-corrected chi connectivity index (χ2v) is 5.15. The van der Waals surface area contributed by atoms with Crippen molar-refractivity contribution in [1.29, 1.82) is 0 Å². The molecule has 0 saturated carbocycles. The van der Waals surface area contributed by atoms with Gasteiger partial charge in [0.2, 0.25) is 0 Å². The van der Waals surface area contributed by atoms with Gasteiger partial charge in [0, 0.05) is 6.54 Å². The van der Waals surface area contributed by atoms with Gasteiger partial charge in [0.15, 0.2) is 0 Å². The van der Waals surface area contributed by atoms with E-state index in [2.05, 4.69) is 37.4 Å². The van der Waals surface area contributed by atoms with Gasteiger partial charge in [0.1, 0.15) is 11.5 Å². The highest BCUT2D eigenvalue weighted by Gasteiger charge is 2.02. The highest BCUT2D eigenvalue weighted by molar-refractivity contribution is 5.57. The van der Waals surface area contributed by atoms with Crippen molar-refractivity contribution in [3.8, 4) is 11.5 Å². The van der Waals surface area contributed by atoms with Gasteiger partial charge in [-0.05, 0) is 55.7 Å². The second kappa shape index (κ2) is 7.58. The zero-order valence-electron chi connectivity index (χ0n) is 13.0. The van der Waals surface area contributed by atoms with Crippen LogP contribution in [0.4, 0.5) is 5.69 Å². The highest BCUT2D eigenvalue weighted by Crippen LogP contribution is 2.25. The van der Waals surface area contributed by atoms with Crippen LogP contribution in [0.3, 0.4) is 0 Å². The summed E-state index contributed by atoms with van der Waals surface area (Å²) >= 11 is 0. The molecule has 0 saturated heterocycles. The van der Waals surface area contributed by atoms with Crippen LogP contribution in [-0.4, -0.2) is 20.3 Å². The van der Waals surface area contributed by atoms with Crippen LogP contribution in [0.25, 0.3) is 0 Å². The van der Waals surface area contributed by atoms with Gasteiger partial charge in [-0.15, -0.1) is 0 Å². The second-order valence-electron chi connectivity index (χ2n) is 5.15. The Hall–Kier alpha value is -2.16. The van der Waals surface area contributed by atoms with Crippen LogP contribution >= 0.6 is 0 Å². The van der Waals surface area contributed by atoms with Gasteiger partial charge in [-0.2, -0.15) is 0 Å². The topological polar surface area (TPSA) is 30.5 Å². The van der Waals surface area contributed by atoms with Gasteiger partial charge in [0.05, 0.1) is 19.4 Å². The number of ether oxygens (including phenoxy) is 2. The van der Waals surface area contributed by atoms with E-state index in [0.717, 1.165) is 30.2 Å². The fourth-order valence-electron chi connectivity index (χ4n) is 2.15. The molecule has 0 aliphatic heterocycles. The quantitative estimate of drug-likeness (QED) is 0.774. The molecule has 1 N–H and O–H groups in total. The minimum Gasteiger partial charge on any atom is -0.495 e. The number of hydrogen-bond donors (Lipinski definition) is 1. The molecule has 0 heterocycles. The number of hydrogen-bond acceptors (Lipinski definition) is 3. The lowest BCUT2D eigenvalue weighted by molar-refractivity contribution is 0.314. The molecule has 0 spiro atoms. The number of rotatable bonds is 7. The Bertz CT molecular complexity index is 581. The SMILES string of the molecule is COc1ccc(C)cc1NCCCOc1cccc(C)c1. The molecular weight excluding hydrogens is 262 g/mol. The summed E-state index contributed by atoms with van der Waals surface area (Å²) in [7, 11) is 1.69. The van der Waals surface area contributed by atoms with E-state index in [1.165, 1.54) is 11.1 Å². The van der Waals surface area contributed by atoms with Gasteiger partial charge in [0.25, 0.3) is 0 Å². The molecule has 0 aliphatic rings. The lowest BCUT2D eigenvalue weighted by Gasteiger charge is -2.12. The molecule has 2 rings (SSSR count). The molecule has 0 atom stereocenters. The van der Waals surface area contributed by atoms with E-state index in [0.29, 0.717) is 6.61 Å². The summed E-state index contributed by atoms with van der Waals surface area (Å²) in [5.41, 5.74) is 3.47. The van der Waals surface area contributed by atoms with Crippen molar-refractivity contribution in [3.05, 3.63) is 53.6 Å². The lowest BCUT2D eigenvalue weighted by atomic mass is 10.2. The molecule has 3 heteroatoms. The van der Waals surface area contributed by atoms with Crippen LogP contribution in [0, 0.1) is 13.8 Å². The van der Waals surface area contributed by atoms with E-state index in [1.807, 2.05) is 24.3 Å². The van der Waals surface area contributed by atoms with Crippen molar-refractivity contribution in [3.63, 3.8) is 0 Å². The van der Waals surface area contributed by atoms with Crippen molar-refractivity contribution in [2.75, 3.05) is 25.6 Å². The number of aryl methyl sites for hydroxylation is 2. The van der Waals surface area contributed by atoms with E-state index in [-0.39, 0.29) is 0 Å². The van der Waals surface area contributed by atoms with E-state index in [1.54, 1.807) is 7.11 Å². The van der Waals surface area contributed by atoms with Gasteiger partial charge in [-0.25, -0.2) is 0 Å². The third kappa shape index (κ3) is 4.71. The van der Waals surface area contributed by atoms with E-state index < -0.39 is 0 Å². The zero-order valence-corrected chi connectivity index (χ0v) is 13.0. The predicted molar refractivity (Wildman–Crippen MR) is 87.5 cm³/mol. The molecule has 3 nitrogen and oxygen atoms in total. The summed E-state index contributed by atoms with van der Waals surface area (Å²) in [6.07, 6.45) is 0.936. The summed E-state index contributed by atoms with van der Waals surface area (Å²) in [4.78, 5) is 0. The van der Waals surface area contributed by atoms with Crippen LogP contribution < -0.4 is 14.8 Å². The van der Waals surface area contributed by atoms with Gasteiger partial charge >= 0.3 is 0 Å². The first-order valence-corrected chi connectivity index (χ1v) is 7.27. The van der Waals surface area contributed by atoms with E-state index in [4.69, 9.17) is 9.47 Å². The van der Waals surface area contributed by atoms with Crippen LogP contribution in [0.15, 0.2) is 42.5 Å². The normalized spacial score (nSPS) is 10.2. The summed E-state index contributed by atoms with van der Waals surface area (Å²) in [5, 5.41) is 3.40. The maximum absolute atomic E-state index is 5.73. The van der Waals surface area contributed by atoms with Gasteiger partial charge < -0.3 is 14.8 Å². The molecule has 21 heavy (non-hydrogen) atoms. The standard InChI is InChI=1S/C18H23NO2/c1-14-6-4-7-16(12-14)21-11-5-10-19-17-13-15(2)8-9-18(17)20-3/h4,6-9,12-13,19H,5,10-11H2,1-3H3. The van der Waals surface area contributed by atoms with E-state index in [9.17, 15) is 0 Å². The largest absolute Gasteiger partial charge is 0.495 e. The van der Waals surface area contributed by atoms with Gasteiger partial charge in [-0.1, -0.05) is 18.2 Å². The summed E-state index contributed by atoms with van der Waals surface area (Å²) < 4.78 is 11.1. The minimum atomic E-state index is 0.699. The number of nitrogens with one attached hydrogen (secondary N) is 1. The average Bonchev–Trinajstić information content (AvgIpc) is 2.47. The Morgan fingerprint density at radius 3 is 2.57 bits per heavy atom. The molecular formula is C18H23NO2. The van der Waals surface area contributed by atoms with Crippen LogP contribution in [-0.2, 0) is 0 Å². The molecule has 0 aromatic heterocycles. The van der Waals surface area contributed by atoms with Crippen molar-refractivity contribution in [2.45, 2.75) is 20.3 Å². The Labute approximate surface area is 126 Å². The third-order valence-corrected chi connectivity index (χ3v) is 3.25. The molecule has 0 fully saturated rings. The van der Waals surface area contributed by atoms with Crippen molar-refractivity contribution < 1.29 is 9.47 Å². The maximum atomic E-state index is 5.73. The number of methoxy groups -OCH3 is 1. The minimum absolute atomic E-state index is 0.699. The first-order valence-electron chi connectivity index (χ1n) is 7.27. The van der Waals surface area contributed by atoms with Crippen molar-refractivity contribution >= 4 is 5.69 Å². The Morgan fingerprint density at radius 1 is 1.00 bits per heavy atom. The lowest BCUT2D eigenvalue weighted by Crippen LogP contribution is -2.08. The summed E-state index contributed by atoms with van der Waals surface area (Å²) in [5.74, 6) is 1.81. The average molecular weight is 285 g/mol. The van der Waals surface area contributed by atoms with Crippen LogP contribution in [0.1, 0.15) is 17.5 Å². The molecule has 0 unspecified atom stereocenters. The number of anilines is 1. The molecule has 0 bridgehead atoms. The Morgan fingerprint density at radius 2 is 1.81 bits per heavy atom. The van der Waals surface area contributed by atoms with E-state index >= 15 is 0 Å². The fourth-order valence-corrected chi connectivity index (χ4v) is 2.15. The molecule has 2 aromatic carbocycles. The summed E-state index contributed by atoms with van der Waals surface area (Å²) in [6.45, 7) is 5.69. The zero-order chi connectivity index (χ0) is 15.1. The van der Waals surface area contributed by atoms with Gasteiger partial charge in [-0.3, -0.25) is 0 Å². The first-order chi connectivity index (χ1) is 10.2. The smallest absolute Gasteiger partial charge is 0.141 e. The molecule has 2 aromatic rings. The van der Waals surface area contributed by atoms with Crippen LogP contribution in [0.5, 0.6) is 11.5 Å². The first kappa shape index (κ1) is 15.2. The highest BCUT2D eigenvalue weighted by atomic mass is 16.5. The molecule has 0 radical (unpaired) electrons. The molecule has 0 amide bonds. The monoisotopic (exact) mass is 285 g/mol. The third-order valence-electron chi connectivity index (χ3n) is 3.25.